The molecular formula is C43H72NO10P. The van der Waals surface area contributed by atoms with Crippen LogP contribution in [0.1, 0.15) is 149 Å². The van der Waals surface area contributed by atoms with E-state index in [-0.39, 0.29) is 19.4 Å². The van der Waals surface area contributed by atoms with E-state index >= 15 is 0 Å². The van der Waals surface area contributed by atoms with Crippen molar-refractivity contribution in [2.24, 2.45) is 5.73 Å². The smallest absolute Gasteiger partial charge is 0.472 e. The number of rotatable bonds is 37. The van der Waals surface area contributed by atoms with Crippen molar-refractivity contribution in [3.05, 3.63) is 72.9 Å². The van der Waals surface area contributed by atoms with Crippen LogP contribution in [0.5, 0.6) is 0 Å². The SMILES string of the molecule is CC/C=C\C/C=C\C/C=C\C/C=C\C/C=C\CCCCCC(=O)OC(COC(=O)CCCCCCC/C=C\CCCCC)COP(=O)(O)OCC(N)C(=O)O. The zero-order chi connectivity index (χ0) is 40.7. The number of hydrogen-bond donors (Lipinski definition) is 3. The summed E-state index contributed by atoms with van der Waals surface area (Å²) in [5.74, 6) is -2.44. The van der Waals surface area contributed by atoms with Crippen LogP contribution in [0, 0.1) is 0 Å². The summed E-state index contributed by atoms with van der Waals surface area (Å²) in [6.07, 6.45) is 44.0. The lowest BCUT2D eigenvalue weighted by atomic mass is 10.1. The van der Waals surface area contributed by atoms with Gasteiger partial charge in [0, 0.05) is 12.8 Å². The second-order valence-electron chi connectivity index (χ2n) is 13.4. The highest BCUT2D eigenvalue weighted by Gasteiger charge is 2.28. The highest BCUT2D eigenvalue weighted by molar-refractivity contribution is 7.47. The highest BCUT2D eigenvalue weighted by atomic mass is 31.2. The van der Waals surface area contributed by atoms with E-state index in [1.165, 1.54) is 19.3 Å². The maximum absolute atomic E-state index is 12.6. The molecule has 0 radical (unpaired) electrons. The average molecular weight is 794 g/mol. The van der Waals surface area contributed by atoms with Gasteiger partial charge < -0.3 is 25.2 Å². The first-order valence-corrected chi connectivity index (χ1v) is 22.0. The van der Waals surface area contributed by atoms with Gasteiger partial charge in [0.15, 0.2) is 6.10 Å². The molecular weight excluding hydrogens is 721 g/mol. The van der Waals surface area contributed by atoms with Crippen LogP contribution in [0.2, 0.25) is 0 Å². The lowest BCUT2D eigenvalue weighted by molar-refractivity contribution is -0.161. The predicted molar refractivity (Wildman–Crippen MR) is 221 cm³/mol. The number of phosphoric ester groups is 1. The van der Waals surface area contributed by atoms with Gasteiger partial charge in [0.2, 0.25) is 0 Å². The quantitative estimate of drug-likeness (QED) is 0.0236. The lowest BCUT2D eigenvalue weighted by Gasteiger charge is -2.20. The van der Waals surface area contributed by atoms with Gasteiger partial charge in [-0.1, -0.05) is 125 Å². The number of aliphatic carboxylic acids is 1. The number of carbonyl (C=O) groups is 3. The van der Waals surface area contributed by atoms with Crippen molar-refractivity contribution in [3.8, 4) is 0 Å². The van der Waals surface area contributed by atoms with Crippen LogP contribution in [0.3, 0.4) is 0 Å². The molecule has 0 aromatic rings. The molecule has 0 amide bonds. The molecule has 0 aliphatic carbocycles. The maximum atomic E-state index is 12.6. The van der Waals surface area contributed by atoms with Crippen molar-refractivity contribution < 1.29 is 47.5 Å². The van der Waals surface area contributed by atoms with Gasteiger partial charge in [0.1, 0.15) is 12.6 Å². The van der Waals surface area contributed by atoms with Crippen molar-refractivity contribution in [1.82, 2.24) is 0 Å². The molecule has 3 atom stereocenters. The standard InChI is InChI=1S/C43H72NO10P/c1-3-5-7-9-11-13-15-17-18-19-20-21-22-23-25-27-29-31-33-35-42(46)54-39(37-52-55(49,50)53-38-40(44)43(47)48)36-51-41(45)34-32-30-28-26-24-16-14-12-10-8-6-4-2/h5,7,11-14,17-18,20-21,23,25,39-40H,3-4,6,8-10,15-16,19,22,24,26-38,44H2,1-2H3,(H,47,48)(H,49,50)/b7-5-,13-11-,14-12-,18-17-,21-20-,25-23-. The van der Waals surface area contributed by atoms with Crippen molar-refractivity contribution >= 4 is 25.7 Å². The molecule has 0 saturated heterocycles. The van der Waals surface area contributed by atoms with Crippen molar-refractivity contribution in [2.75, 3.05) is 19.8 Å². The topological polar surface area (TPSA) is 172 Å². The van der Waals surface area contributed by atoms with Gasteiger partial charge in [-0.3, -0.25) is 23.4 Å². The molecule has 0 saturated carbocycles. The minimum absolute atomic E-state index is 0.117. The van der Waals surface area contributed by atoms with E-state index in [0.717, 1.165) is 89.9 Å². The van der Waals surface area contributed by atoms with Crippen molar-refractivity contribution in [2.45, 2.75) is 161 Å². The monoisotopic (exact) mass is 793 g/mol. The number of allylic oxidation sites excluding steroid dienone is 12. The molecule has 0 aliphatic heterocycles. The van der Waals surface area contributed by atoms with Crippen LogP contribution >= 0.6 is 7.82 Å². The van der Waals surface area contributed by atoms with Crippen LogP contribution in [-0.4, -0.2) is 59.9 Å². The Kier molecular flexibility index (Phi) is 35.7. The number of carbonyl (C=O) groups excluding carboxylic acids is 2. The third kappa shape index (κ3) is 37.6. The third-order valence-corrected chi connectivity index (χ3v) is 9.14. The third-order valence-electron chi connectivity index (χ3n) is 8.19. The molecule has 0 aromatic heterocycles. The van der Waals surface area contributed by atoms with Gasteiger partial charge in [-0.05, 0) is 83.5 Å². The minimum atomic E-state index is -4.73. The molecule has 314 valence electrons. The predicted octanol–water partition coefficient (Wildman–Crippen LogP) is 10.6. The Bertz CT molecular complexity index is 1210. The second kappa shape index (κ2) is 37.8. The zero-order valence-corrected chi connectivity index (χ0v) is 34.6. The Morgan fingerprint density at radius 3 is 1.56 bits per heavy atom. The van der Waals surface area contributed by atoms with E-state index < -0.39 is 51.1 Å². The van der Waals surface area contributed by atoms with Crippen LogP contribution < -0.4 is 5.73 Å². The van der Waals surface area contributed by atoms with Crippen LogP contribution in [0.25, 0.3) is 0 Å². The Balaban J connectivity index is 4.49. The molecule has 0 heterocycles. The molecule has 0 spiro atoms. The normalized spacial score (nSPS) is 14.5. The molecule has 11 nitrogen and oxygen atoms in total. The van der Waals surface area contributed by atoms with Crippen molar-refractivity contribution in [3.63, 3.8) is 0 Å². The Morgan fingerprint density at radius 2 is 1.02 bits per heavy atom. The molecule has 0 bridgehead atoms. The maximum Gasteiger partial charge on any atom is 0.472 e. The number of esters is 2. The number of carboxylic acids is 1. The van der Waals surface area contributed by atoms with Crippen LogP contribution in [0.15, 0.2) is 72.9 Å². The first kappa shape index (κ1) is 51.9. The van der Waals surface area contributed by atoms with Gasteiger partial charge >= 0.3 is 25.7 Å². The minimum Gasteiger partial charge on any atom is -0.480 e. The number of phosphoric acid groups is 1. The molecule has 0 aromatic carbocycles. The first-order chi connectivity index (χ1) is 26.6. The van der Waals surface area contributed by atoms with E-state index in [0.29, 0.717) is 12.8 Å². The van der Waals surface area contributed by atoms with Gasteiger partial charge in [0.05, 0.1) is 13.2 Å². The summed E-state index contributed by atoms with van der Waals surface area (Å²) >= 11 is 0. The molecule has 12 heteroatoms. The molecule has 3 unspecified atom stereocenters. The summed E-state index contributed by atoms with van der Waals surface area (Å²) in [6.45, 7) is 2.59. The lowest BCUT2D eigenvalue weighted by Crippen LogP contribution is -2.34. The Hall–Kier alpha value is -3.08. The Morgan fingerprint density at radius 1 is 0.582 bits per heavy atom. The van der Waals surface area contributed by atoms with E-state index in [4.69, 9.17) is 24.8 Å². The molecule has 4 N–H and O–H groups in total. The number of nitrogens with two attached hydrogens (primary N) is 1. The van der Waals surface area contributed by atoms with E-state index in [9.17, 15) is 23.8 Å². The van der Waals surface area contributed by atoms with Crippen LogP contribution in [0.4, 0.5) is 0 Å². The van der Waals surface area contributed by atoms with Gasteiger partial charge in [-0.15, -0.1) is 0 Å². The molecule has 55 heavy (non-hydrogen) atoms. The summed E-state index contributed by atoms with van der Waals surface area (Å²) in [5.41, 5.74) is 5.32. The highest BCUT2D eigenvalue weighted by Crippen LogP contribution is 2.43. The molecule has 0 aliphatic rings. The van der Waals surface area contributed by atoms with Gasteiger partial charge in [-0.25, -0.2) is 4.57 Å². The fraction of sp³-hybridized carbons (Fsp3) is 0.651. The van der Waals surface area contributed by atoms with E-state index in [1.807, 2.05) is 0 Å². The first-order valence-electron chi connectivity index (χ1n) is 20.5. The van der Waals surface area contributed by atoms with E-state index in [1.54, 1.807) is 0 Å². The van der Waals surface area contributed by atoms with E-state index in [2.05, 4.69) is 91.3 Å². The second-order valence-corrected chi connectivity index (χ2v) is 14.8. The number of hydrogen-bond acceptors (Lipinski definition) is 9. The van der Waals surface area contributed by atoms with Gasteiger partial charge in [0.25, 0.3) is 0 Å². The van der Waals surface area contributed by atoms with Gasteiger partial charge in [-0.2, -0.15) is 0 Å². The summed E-state index contributed by atoms with van der Waals surface area (Å²) in [6, 6.07) is -1.53. The molecule has 0 rings (SSSR count). The fourth-order valence-corrected chi connectivity index (χ4v) is 5.74. The summed E-state index contributed by atoms with van der Waals surface area (Å²) in [7, 11) is -4.73. The average Bonchev–Trinajstić information content (AvgIpc) is 3.16. The summed E-state index contributed by atoms with van der Waals surface area (Å²) in [5, 5.41) is 8.87. The largest absolute Gasteiger partial charge is 0.480 e. The zero-order valence-electron chi connectivity index (χ0n) is 33.7. The summed E-state index contributed by atoms with van der Waals surface area (Å²) in [4.78, 5) is 45.8. The van der Waals surface area contributed by atoms with Crippen molar-refractivity contribution in [1.29, 1.82) is 0 Å². The number of ether oxygens (including phenoxy) is 2. The Labute approximate surface area is 331 Å². The number of carboxylic acid groups (broad SMARTS) is 1. The summed E-state index contributed by atoms with van der Waals surface area (Å²) < 4.78 is 32.6. The fourth-order valence-electron chi connectivity index (χ4n) is 4.97. The van der Waals surface area contributed by atoms with Crippen LogP contribution in [-0.2, 0) is 37.5 Å². The molecule has 0 fully saturated rings. The number of unbranched alkanes of at least 4 members (excludes halogenated alkanes) is 11.